The summed E-state index contributed by atoms with van der Waals surface area (Å²) in [4.78, 5) is 14.4. The lowest BCUT2D eigenvalue weighted by molar-refractivity contribution is 0.190. The normalized spacial score (nSPS) is 23.7. The number of nitrogens with one attached hydrogen (secondary N) is 1. The van der Waals surface area contributed by atoms with Crippen LogP contribution in [0.3, 0.4) is 0 Å². The molecule has 0 aromatic heterocycles. The smallest absolute Gasteiger partial charge is 0.317 e. The molecule has 4 heteroatoms. The highest BCUT2D eigenvalue weighted by Crippen LogP contribution is 2.36. The fourth-order valence-electron chi connectivity index (χ4n) is 3.81. The zero-order chi connectivity index (χ0) is 15.4. The van der Waals surface area contributed by atoms with Gasteiger partial charge in [0.05, 0.1) is 6.04 Å². The van der Waals surface area contributed by atoms with Crippen LogP contribution in [0.2, 0.25) is 0 Å². The topological polar surface area (TPSA) is 52.6 Å². The van der Waals surface area contributed by atoms with E-state index in [0.29, 0.717) is 12.5 Å². The van der Waals surface area contributed by atoms with E-state index in [1.54, 1.807) is 0 Å². The van der Waals surface area contributed by atoms with Gasteiger partial charge >= 0.3 is 6.03 Å². The van der Waals surface area contributed by atoms with Crippen molar-refractivity contribution in [3.05, 3.63) is 35.9 Å². The fourth-order valence-corrected chi connectivity index (χ4v) is 3.81. The molecule has 1 heterocycles. The van der Waals surface area contributed by atoms with Crippen molar-refractivity contribution in [1.29, 1.82) is 0 Å². The van der Waals surface area contributed by atoms with Crippen LogP contribution in [0.15, 0.2) is 30.3 Å². The van der Waals surface area contributed by atoms with Crippen molar-refractivity contribution >= 4 is 6.03 Å². The van der Waals surface area contributed by atoms with Gasteiger partial charge in [0.25, 0.3) is 0 Å². The number of aliphatic hydroxyl groups excluding tert-OH is 1. The standard InChI is InChI=1S/C18H26N2O2/c21-13-14-10-11-20(12-14)18(22)19-17(16-8-4-5-9-16)15-6-2-1-3-7-15/h1-3,6-7,14,16-17,21H,4-5,8-13H2,(H,19,22). The van der Waals surface area contributed by atoms with Crippen molar-refractivity contribution in [1.82, 2.24) is 10.2 Å². The van der Waals surface area contributed by atoms with E-state index >= 15 is 0 Å². The molecule has 1 saturated carbocycles. The Bertz CT molecular complexity index is 485. The Kier molecular flexibility index (Phi) is 4.98. The number of nitrogens with zero attached hydrogens (tertiary/aromatic N) is 1. The maximum absolute atomic E-state index is 12.6. The Balaban J connectivity index is 1.69. The van der Waals surface area contributed by atoms with Crippen LogP contribution in [0.1, 0.15) is 43.7 Å². The molecule has 2 unspecified atom stereocenters. The largest absolute Gasteiger partial charge is 0.396 e. The van der Waals surface area contributed by atoms with Gasteiger partial charge in [-0.2, -0.15) is 0 Å². The second kappa shape index (κ2) is 7.14. The van der Waals surface area contributed by atoms with Crippen LogP contribution in [0.25, 0.3) is 0 Å². The molecule has 1 aliphatic carbocycles. The third-order valence-corrected chi connectivity index (χ3v) is 5.14. The summed E-state index contributed by atoms with van der Waals surface area (Å²) in [7, 11) is 0. The van der Waals surface area contributed by atoms with E-state index < -0.39 is 0 Å². The molecule has 1 saturated heterocycles. The van der Waals surface area contributed by atoms with Crippen molar-refractivity contribution in [2.24, 2.45) is 11.8 Å². The van der Waals surface area contributed by atoms with Crippen LogP contribution < -0.4 is 5.32 Å². The van der Waals surface area contributed by atoms with Crippen molar-refractivity contribution in [3.63, 3.8) is 0 Å². The minimum Gasteiger partial charge on any atom is -0.396 e. The summed E-state index contributed by atoms with van der Waals surface area (Å²) in [6.07, 6.45) is 5.82. The van der Waals surface area contributed by atoms with Gasteiger partial charge < -0.3 is 15.3 Å². The van der Waals surface area contributed by atoms with Gasteiger partial charge in [-0.15, -0.1) is 0 Å². The fraction of sp³-hybridized carbons (Fsp3) is 0.611. The highest BCUT2D eigenvalue weighted by Gasteiger charge is 2.31. The molecule has 2 N–H and O–H groups in total. The van der Waals surface area contributed by atoms with Crippen LogP contribution >= 0.6 is 0 Å². The Labute approximate surface area is 132 Å². The van der Waals surface area contributed by atoms with Crippen LogP contribution in [0.4, 0.5) is 4.79 Å². The molecule has 2 aliphatic rings. The lowest BCUT2D eigenvalue weighted by Gasteiger charge is -2.28. The second-order valence-electron chi connectivity index (χ2n) is 6.67. The number of rotatable bonds is 4. The van der Waals surface area contributed by atoms with Gasteiger partial charge in [0.2, 0.25) is 0 Å². The van der Waals surface area contributed by atoms with Crippen LogP contribution in [-0.4, -0.2) is 35.7 Å². The molecule has 3 rings (SSSR count). The average Bonchev–Trinajstić information content (AvgIpc) is 3.24. The van der Waals surface area contributed by atoms with Crippen LogP contribution in [0, 0.1) is 11.8 Å². The van der Waals surface area contributed by atoms with E-state index in [-0.39, 0.29) is 24.6 Å². The summed E-state index contributed by atoms with van der Waals surface area (Å²) >= 11 is 0. The maximum atomic E-state index is 12.6. The van der Waals surface area contributed by atoms with E-state index in [1.165, 1.54) is 31.2 Å². The summed E-state index contributed by atoms with van der Waals surface area (Å²) in [5, 5.41) is 12.5. The van der Waals surface area contributed by atoms with E-state index in [4.69, 9.17) is 0 Å². The first kappa shape index (κ1) is 15.3. The zero-order valence-corrected chi connectivity index (χ0v) is 13.1. The Morgan fingerprint density at radius 3 is 2.59 bits per heavy atom. The lowest BCUT2D eigenvalue weighted by Crippen LogP contribution is -2.42. The van der Waals surface area contributed by atoms with Gasteiger partial charge in [0.1, 0.15) is 0 Å². The first-order valence-electron chi connectivity index (χ1n) is 8.49. The van der Waals surface area contributed by atoms with E-state index in [1.807, 2.05) is 23.1 Å². The third-order valence-electron chi connectivity index (χ3n) is 5.14. The Morgan fingerprint density at radius 2 is 1.95 bits per heavy atom. The maximum Gasteiger partial charge on any atom is 0.317 e. The molecule has 2 amide bonds. The number of hydrogen-bond donors (Lipinski definition) is 2. The van der Waals surface area contributed by atoms with Crippen molar-refractivity contribution in [2.45, 2.75) is 38.1 Å². The minimum absolute atomic E-state index is 0.0247. The number of aliphatic hydroxyl groups is 1. The minimum atomic E-state index is 0.0247. The SMILES string of the molecule is O=C(NC(c1ccccc1)C1CCCC1)N1CCC(CO)C1. The molecule has 0 radical (unpaired) electrons. The summed E-state index contributed by atoms with van der Waals surface area (Å²) < 4.78 is 0. The zero-order valence-electron chi connectivity index (χ0n) is 13.1. The van der Waals surface area contributed by atoms with Gasteiger partial charge in [-0.3, -0.25) is 0 Å². The van der Waals surface area contributed by atoms with Crippen LogP contribution in [-0.2, 0) is 0 Å². The highest BCUT2D eigenvalue weighted by molar-refractivity contribution is 5.75. The van der Waals surface area contributed by atoms with Crippen molar-refractivity contribution in [3.8, 4) is 0 Å². The molecule has 4 nitrogen and oxygen atoms in total. The molecule has 2 atom stereocenters. The molecular formula is C18H26N2O2. The Morgan fingerprint density at radius 1 is 1.23 bits per heavy atom. The number of urea groups is 1. The molecule has 22 heavy (non-hydrogen) atoms. The average molecular weight is 302 g/mol. The highest BCUT2D eigenvalue weighted by atomic mass is 16.3. The molecule has 0 bridgehead atoms. The van der Waals surface area contributed by atoms with E-state index in [9.17, 15) is 9.90 Å². The second-order valence-corrected chi connectivity index (χ2v) is 6.67. The number of benzene rings is 1. The molecule has 120 valence electrons. The summed E-state index contributed by atoms with van der Waals surface area (Å²) in [6.45, 7) is 1.60. The number of carbonyl (C=O) groups is 1. The number of hydrogen-bond acceptors (Lipinski definition) is 2. The van der Waals surface area contributed by atoms with Gasteiger partial charge in [0.15, 0.2) is 0 Å². The number of carbonyl (C=O) groups excluding carboxylic acids is 1. The molecule has 2 fully saturated rings. The van der Waals surface area contributed by atoms with Crippen LogP contribution in [0.5, 0.6) is 0 Å². The Hall–Kier alpha value is -1.55. The predicted octanol–water partition coefficient (Wildman–Crippen LogP) is 2.94. The van der Waals surface area contributed by atoms with Gasteiger partial charge in [-0.25, -0.2) is 4.79 Å². The monoisotopic (exact) mass is 302 g/mol. The summed E-state index contributed by atoms with van der Waals surface area (Å²) in [5.74, 6) is 0.787. The van der Waals surface area contributed by atoms with E-state index in [0.717, 1.165) is 13.0 Å². The number of likely N-dealkylation sites (tertiary alicyclic amines) is 1. The third kappa shape index (κ3) is 3.43. The van der Waals surface area contributed by atoms with Gasteiger partial charge in [-0.05, 0) is 30.7 Å². The molecule has 1 aromatic rings. The molecule has 0 spiro atoms. The first-order chi connectivity index (χ1) is 10.8. The predicted molar refractivity (Wildman–Crippen MR) is 86.4 cm³/mol. The molecule has 1 aliphatic heterocycles. The molecular weight excluding hydrogens is 276 g/mol. The summed E-state index contributed by atoms with van der Waals surface area (Å²) in [5.41, 5.74) is 1.21. The van der Waals surface area contributed by atoms with E-state index in [2.05, 4.69) is 17.4 Å². The number of amides is 2. The van der Waals surface area contributed by atoms with Crippen molar-refractivity contribution < 1.29 is 9.90 Å². The quantitative estimate of drug-likeness (QED) is 0.898. The van der Waals surface area contributed by atoms with Gasteiger partial charge in [-0.1, -0.05) is 43.2 Å². The first-order valence-corrected chi connectivity index (χ1v) is 8.49. The summed E-state index contributed by atoms with van der Waals surface area (Å²) in [6, 6.07) is 10.5. The lowest BCUT2D eigenvalue weighted by atomic mass is 9.92. The molecule has 1 aromatic carbocycles. The van der Waals surface area contributed by atoms with Crippen molar-refractivity contribution in [2.75, 3.05) is 19.7 Å². The van der Waals surface area contributed by atoms with Gasteiger partial charge in [0, 0.05) is 25.6 Å².